The molecular formula is C36H43N3O11S. The van der Waals surface area contributed by atoms with Crippen LogP contribution in [0.25, 0.3) is 0 Å². The highest BCUT2D eigenvalue weighted by atomic mass is 32.2. The number of hydrogen-bond acceptors (Lipinski definition) is 15. The molecule has 1 saturated heterocycles. The number of methoxy groups -OCH3 is 2. The Morgan fingerprint density at radius 3 is 2.49 bits per heavy atom. The summed E-state index contributed by atoms with van der Waals surface area (Å²) in [6, 6.07) is 2.08. The van der Waals surface area contributed by atoms with Crippen molar-refractivity contribution in [2.75, 3.05) is 47.2 Å². The van der Waals surface area contributed by atoms with Crippen molar-refractivity contribution in [2.24, 2.45) is 0 Å². The molecule has 2 aromatic rings. The summed E-state index contributed by atoms with van der Waals surface area (Å²) in [5, 5.41) is 10.5. The summed E-state index contributed by atoms with van der Waals surface area (Å²) in [6.45, 7) is 8.44. The quantitative estimate of drug-likeness (QED) is 0.133. The highest BCUT2D eigenvalue weighted by molar-refractivity contribution is 7.99. The molecular weight excluding hydrogens is 682 g/mol. The van der Waals surface area contributed by atoms with Crippen LogP contribution in [-0.4, -0.2) is 99.7 Å². The molecule has 0 aromatic heterocycles. The molecule has 0 aliphatic carbocycles. The molecule has 2 bridgehead atoms. The summed E-state index contributed by atoms with van der Waals surface area (Å²) in [5.41, 5.74) is 4.61. The molecule has 51 heavy (non-hydrogen) atoms. The predicted octanol–water partition coefficient (Wildman–Crippen LogP) is 4.08. The third kappa shape index (κ3) is 6.22. The fourth-order valence-corrected chi connectivity index (χ4v) is 9.80. The number of aryl methyl sites for hydroxylation is 1. The summed E-state index contributed by atoms with van der Waals surface area (Å²) in [7, 11) is 5.14. The first-order chi connectivity index (χ1) is 24.5. The molecule has 4 heterocycles. The third-order valence-electron chi connectivity index (χ3n) is 10.1. The van der Waals surface area contributed by atoms with Crippen molar-refractivity contribution in [3.8, 4) is 34.8 Å². The maximum absolute atomic E-state index is 12.8. The van der Waals surface area contributed by atoms with Crippen molar-refractivity contribution < 1.29 is 52.3 Å². The van der Waals surface area contributed by atoms with Gasteiger partial charge in [0.2, 0.25) is 6.79 Å². The lowest BCUT2D eigenvalue weighted by atomic mass is 9.71. The van der Waals surface area contributed by atoms with Crippen LogP contribution in [0.5, 0.6) is 28.7 Å². The van der Waals surface area contributed by atoms with Crippen molar-refractivity contribution in [3.05, 3.63) is 39.4 Å². The number of carbonyl (C=O) groups is 3. The van der Waals surface area contributed by atoms with Crippen molar-refractivity contribution in [2.45, 2.75) is 82.6 Å². The van der Waals surface area contributed by atoms with Crippen LogP contribution in [0.1, 0.15) is 71.5 Å². The van der Waals surface area contributed by atoms with Crippen LogP contribution in [0, 0.1) is 25.2 Å². The van der Waals surface area contributed by atoms with E-state index in [0.29, 0.717) is 64.1 Å². The molecule has 274 valence electrons. The minimum absolute atomic E-state index is 0.0305. The largest absolute Gasteiger partial charge is 0.493 e. The maximum atomic E-state index is 12.8. The number of thioether (sulfide) groups is 1. The van der Waals surface area contributed by atoms with Gasteiger partial charge in [0.05, 0.1) is 30.5 Å². The van der Waals surface area contributed by atoms with E-state index >= 15 is 0 Å². The van der Waals surface area contributed by atoms with Gasteiger partial charge in [0, 0.05) is 61.0 Å². The van der Waals surface area contributed by atoms with E-state index in [2.05, 4.69) is 21.9 Å². The minimum atomic E-state index is -0.705. The van der Waals surface area contributed by atoms with E-state index < -0.39 is 47.5 Å². The van der Waals surface area contributed by atoms with E-state index in [9.17, 15) is 19.6 Å². The molecule has 1 unspecified atom stereocenters. The van der Waals surface area contributed by atoms with E-state index in [0.717, 1.165) is 16.7 Å². The van der Waals surface area contributed by atoms with Gasteiger partial charge in [-0.3, -0.25) is 24.2 Å². The first-order valence-electron chi connectivity index (χ1n) is 16.7. The molecule has 0 amide bonds. The maximum Gasteiger partial charge on any atom is 0.308 e. The average molecular weight is 726 g/mol. The fraction of sp³-hybridized carbons (Fsp3) is 0.556. The monoisotopic (exact) mass is 725 g/mol. The molecule has 0 saturated carbocycles. The zero-order valence-electron chi connectivity index (χ0n) is 30.0. The van der Waals surface area contributed by atoms with Gasteiger partial charge in [0.1, 0.15) is 24.5 Å². The number of nitrogens with zero attached hydrogens (tertiary/aromatic N) is 3. The van der Waals surface area contributed by atoms with Crippen LogP contribution < -0.4 is 23.7 Å². The number of rotatable bonds is 12. The molecule has 1 fully saturated rings. The highest BCUT2D eigenvalue weighted by Gasteiger charge is 2.60. The zero-order chi connectivity index (χ0) is 36.7. The first-order valence-corrected chi connectivity index (χ1v) is 17.7. The second-order valence-electron chi connectivity index (χ2n) is 13.1. The smallest absolute Gasteiger partial charge is 0.308 e. The van der Waals surface area contributed by atoms with Gasteiger partial charge < -0.3 is 37.9 Å². The van der Waals surface area contributed by atoms with Crippen LogP contribution in [0.2, 0.25) is 0 Å². The Morgan fingerprint density at radius 2 is 1.84 bits per heavy atom. The van der Waals surface area contributed by atoms with Crippen molar-refractivity contribution in [1.29, 1.82) is 5.26 Å². The van der Waals surface area contributed by atoms with E-state index in [4.69, 9.17) is 37.9 Å². The van der Waals surface area contributed by atoms with E-state index in [1.807, 2.05) is 20.9 Å². The molecule has 0 N–H and O–H groups in total. The standard InChI is InChI=1S/C36H43N3O11S/c1-17-9-22-10-23-24(11-37)39-25(12-45-14-40)27-28(32(50-21(5)42)19(3)33-35(27)48-16-47-33)36(51-13-18(2)49-20(4)41)30(39)29(38(23)6)26(22)34(31(17)44-8)46-15-43-7/h9,14,18,23-25,29-30,36H,10,12-13,15-16H2,1-8H3/t18-,23-,24-,25-,29-,30?,36+/m0/s1. The minimum Gasteiger partial charge on any atom is -0.493 e. The van der Waals surface area contributed by atoms with Gasteiger partial charge in [-0.2, -0.15) is 5.26 Å². The number of esters is 2. The number of benzene rings is 2. The lowest BCUT2D eigenvalue weighted by Crippen LogP contribution is -2.69. The first kappa shape index (κ1) is 36.6. The molecule has 0 radical (unpaired) electrons. The Hall–Kier alpha value is -4.23. The van der Waals surface area contributed by atoms with Gasteiger partial charge in [-0.05, 0) is 45.4 Å². The van der Waals surface area contributed by atoms with Gasteiger partial charge in [-0.15, -0.1) is 11.8 Å². The Morgan fingerprint density at radius 1 is 1.10 bits per heavy atom. The number of hydrogen-bond donors (Lipinski definition) is 0. The van der Waals surface area contributed by atoms with Crippen LogP contribution in [0.4, 0.5) is 0 Å². The predicted molar refractivity (Wildman–Crippen MR) is 183 cm³/mol. The number of nitriles is 1. The molecule has 2 aromatic carbocycles. The second kappa shape index (κ2) is 14.8. The number of likely N-dealkylation sites (N-methyl/N-ethyl adjacent to an activating group) is 1. The van der Waals surface area contributed by atoms with Gasteiger partial charge in [-0.1, -0.05) is 6.07 Å². The molecule has 7 atom stereocenters. The number of ether oxygens (including phenoxy) is 8. The molecule has 4 aliphatic rings. The Bertz CT molecular complexity index is 1760. The number of fused-ring (bicyclic) bond motifs is 9. The summed E-state index contributed by atoms with van der Waals surface area (Å²) in [6.07, 6.45) is 0.0492. The Balaban J connectivity index is 1.69. The number of carbonyl (C=O) groups excluding carboxylic acids is 3. The molecule has 4 aliphatic heterocycles. The summed E-state index contributed by atoms with van der Waals surface area (Å²) in [5.74, 6) is 1.69. The van der Waals surface area contributed by atoms with Crippen molar-refractivity contribution >= 4 is 30.2 Å². The van der Waals surface area contributed by atoms with Gasteiger partial charge >= 0.3 is 11.9 Å². The Kier molecular flexibility index (Phi) is 10.6. The van der Waals surface area contributed by atoms with Gasteiger partial charge in [-0.25, -0.2) is 0 Å². The van der Waals surface area contributed by atoms with E-state index in [1.54, 1.807) is 21.1 Å². The van der Waals surface area contributed by atoms with Gasteiger partial charge in [0.15, 0.2) is 29.8 Å². The van der Waals surface area contributed by atoms with Crippen LogP contribution >= 0.6 is 11.8 Å². The average Bonchev–Trinajstić information content (AvgIpc) is 3.57. The molecule has 14 nitrogen and oxygen atoms in total. The van der Waals surface area contributed by atoms with E-state index in [1.165, 1.54) is 25.6 Å². The topological polar surface area (TPSA) is 155 Å². The molecule has 15 heteroatoms. The van der Waals surface area contributed by atoms with Crippen molar-refractivity contribution in [1.82, 2.24) is 9.80 Å². The van der Waals surface area contributed by atoms with Crippen LogP contribution in [0.3, 0.4) is 0 Å². The lowest BCUT2D eigenvalue weighted by molar-refractivity contribution is -0.144. The summed E-state index contributed by atoms with van der Waals surface area (Å²) >= 11 is 1.52. The highest BCUT2D eigenvalue weighted by Crippen LogP contribution is 2.64. The molecule has 6 rings (SSSR count). The van der Waals surface area contributed by atoms with Crippen molar-refractivity contribution in [3.63, 3.8) is 0 Å². The Labute approximate surface area is 301 Å². The zero-order valence-corrected chi connectivity index (χ0v) is 30.8. The van der Waals surface area contributed by atoms with E-state index in [-0.39, 0.29) is 26.2 Å². The summed E-state index contributed by atoms with van der Waals surface area (Å²) < 4.78 is 46.8. The fourth-order valence-electron chi connectivity index (χ4n) is 8.36. The SMILES string of the molecule is COCOc1c(OC)c(C)cc2c1[C@H]1C3[C@H](SC[C@H](C)OC(C)=O)c4c(OC(C)=O)c(C)c5c(c4[C@H](COC=O)N3[C@@H](C#N)[C@H](C2)N1C)OCO5. The number of piperazine rings is 1. The van der Waals surface area contributed by atoms with Crippen LogP contribution in [0.15, 0.2) is 6.07 Å². The molecule has 0 spiro atoms. The lowest BCUT2D eigenvalue weighted by Gasteiger charge is -2.61. The second-order valence-corrected chi connectivity index (χ2v) is 14.3. The van der Waals surface area contributed by atoms with Crippen LogP contribution in [-0.2, 0) is 35.0 Å². The van der Waals surface area contributed by atoms with Gasteiger partial charge in [0.25, 0.3) is 6.47 Å². The normalized spacial score (nSPS) is 25.0. The summed E-state index contributed by atoms with van der Waals surface area (Å²) in [4.78, 5) is 40.9. The third-order valence-corrected chi connectivity index (χ3v) is 11.6.